The smallest absolute Gasteiger partial charge is 0.138 e. The molecule has 3 rings (SSSR count). The van der Waals surface area contributed by atoms with E-state index in [9.17, 15) is 5.26 Å². The molecular weight excluding hydrogens is 288 g/mol. The zero-order valence-electron chi connectivity index (χ0n) is 13.7. The summed E-state index contributed by atoms with van der Waals surface area (Å²) in [7, 11) is 0. The van der Waals surface area contributed by atoms with Crippen LogP contribution in [0.2, 0.25) is 0 Å². The van der Waals surface area contributed by atoms with E-state index in [1.54, 1.807) is 0 Å². The summed E-state index contributed by atoms with van der Waals surface area (Å²) in [5.74, 6) is 0.924. The van der Waals surface area contributed by atoms with Crippen molar-refractivity contribution in [3.63, 3.8) is 0 Å². The molecule has 2 aromatic rings. The first-order valence-electron chi connectivity index (χ1n) is 8.02. The third kappa shape index (κ3) is 3.61. The van der Waals surface area contributed by atoms with E-state index in [4.69, 9.17) is 4.52 Å². The molecule has 1 saturated heterocycles. The monoisotopic (exact) mass is 310 g/mol. The van der Waals surface area contributed by atoms with Gasteiger partial charge in [0.25, 0.3) is 0 Å². The normalized spacial score (nSPS) is 16.4. The molecule has 1 fully saturated rings. The summed E-state index contributed by atoms with van der Waals surface area (Å²) in [5.41, 5.74) is 4.11. The lowest BCUT2D eigenvalue weighted by Gasteiger charge is -2.34. The molecular formula is C18H22N4O. The van der Waals surface area contributed by atoms with Gasteiger partial charge >= 0.3 is 0 Å². The molecule has 0 amide bonds. The fraction of sp³-hybridized carbons (Fsp3) is 0.444. The molecule has 120 valence electrons. The molecule has 5 heteroatoms. The first-order chi connectivity index (χ1) is 11.2. The summed E-state index contributed by atoms with van der Waals surface area (Å²) in [5, 5.41) is 13.2. The molecule has 0 bridgehead atoms. The quantitative estimate of drug-likeness (QED) is 0.868. The maximum atomic E-state index is 9.19. The fourth-order valence-corrected chi connectivity index (χ4v) is 3.06. The molecule has 0 unspecified atom stereocenters. The van der Waals surface area contributed by atoms with Crippen LogP contribution < -0.4 is 0 Å². The zero-order chi connectivity index (χ0) is 16.2. The number of benzene rings is 1. The Bertz CT molecular complexity index is 689. The molecule has 0 radical (unpaired) electrons. The average molecular weight is 310 g/mol. The summed E-state index contributed by atoms with van der Waals surface area (Å²) < 4.78 is 5.24. The SMILES string of the molecule is Cc1noc(C)c1CN1CCN(Cc2ccccc2C#N)CC1. The largest absolute Gasteiger partial charge is 0.361 e. The number of nitrogens with zero attached hydrogens (tertiary/aromatic N) is 4. The molecule has 0 aliphatic carbocycles. The zero-order valence-corrected chi connectivity index (χ0v) is 13.7. The van der Waals surface area contributed by atoms with E-state index in [1.165, 1.54) is 5.56 Å². The van der Waals surface area contributed by atoms with Crippen molar-refractivity contribution in [1.29, 1.82) is 5.26 Å². The predicted molar refractivity (Wildman–Crippen MR) is 87.7 cm³/mol. The number of rotatable bonds is 4. The van der Waals surface area contributed by atoms with Crippen molar-refractivity contribution >= 4 is 0 Å². The van der Waals surface area contributed by atoms with Gasteiger partial charge in [-0.25, -0.2) is 0 Å². The van der Waals surface area contributed by atoms with Crippen LogP contribution in [0.5, 0.6) is 0 Å². The van der Waals surface area contributed by atoms with Crippen LogP contribution in [0.4, 0.5) is 0 Å². The molecule has 2 heterocycles. The van der Waals surface area contributed by atoms with Crippen molar-refractivity contribution in [2.45, 2.75) is 26.9 Å². The van der Waals surface area contributed by atoms with Crippen LogP contribution in [0, 0.1) is 25.2 Å². The van der Waals surface area contributed by atoms with Gasteiger partial charge in [0.2, 0.25) is 0 Å². The van der Waals surface area contributed by atoms with E-state index in [-0.39, 0.29) is 0 Å². The summed E-state index contributed by atoms with van der Waals surface area (Å²) in [6.07, 6.45) is 0. The Kier molecular flexibility index (Phi) is 4.75. The predicted octanol–water partition coefficient (Wildman–Crippen LogP) is 2.48. The summed E-state index contributed by atoms with van der Waals surface area (Å²) in [4.78, 5) is 4.86. The Labute approximate surface area is 137 Å². The minimum atomic E-state index is 0.783. The Morgan fingerprint density at radius 1 is 1.09 bits per heavy atom. The first kappa shape index (κ1) is 15.7. The highest BCUT2D eigenvalue weighted by atomic mass is 16.5. The van der Waals surface area contributed by atoms with Gasteiger partial charge in [0.1, 0.15) is 5.76 Å². The molecule has 23 heavy (non-hydrogen) atoms. The van der Waals surface area contributed by atoms with Gasteiger partial charge in [0, 0.05) is 44.8 Å². The van der Waals surface area contributed by atoms with Gasteiger partial charge in [-0.1, -0.05) is 23.4 Å². The molecule has 0 atom stereocenters. The highest BCUT2D eigenvalue weighted by Crippen LogP contribution is 2.17. The standard InChI is InChI=1S/C18H22N4O/c1-14-18(15(2)23-20-14)13-22-9-7-21(8-10-22)12-17-6-4-3-5-16(17)11-19/h3-6H,7-10,12-13H2,1-2H3. The van der Waals surface area contributed by atoms with Crippen molar-refractivity contribution in [2.24, 2.45) is 0 Å². The van der Waals surface area contributed by atoms with Crippen LogP contribution in [0.15, 0.2) is 28.8 Å². The maximum absolute atomic E-state index is 9.19. The molecule has 0 saturated carbocycles. The van der Waals surface area contributed by atoms with Crippen LogP contribution in [-0.4, -0.2) is 41.1 Å². The number of aryl methyl sites for hydroxylation is 2. The Morgan fingerprint density at radius 2 is 1.74 bits per heavy atom. The van der Waals surface area contributed by atoms with Crippen LogP contribution in [-0.2, 0) is 13.1 Å². The van der Waals surface area contributed by atoms with Crippen molar-refractivity contribution < 1.29 is 4.52 Å². The topological polar surface area (TPSA) is 56.3 Å². The third-order valence-corrected chi connectivity index (χ3v) is 4.56. The van der Waals surface area contributed by atoms with Gasteiger partial charge in [0.05, 0.1) is 17.3 Å². The second-order valence-electron chi connectivity index (χ2n) is 6.12. The molecule has 1 aromatic heterocycles. The molecule has 1 aliphatic heterocycles. The van der Waals surface area contributed by atoms with E-state index in [0.29, 0.717) is 0 Å². The Morgan fingerprint density at radius 3 is 2.35 bits per heavy atom. The van der Waals surface area contributed by atoms with Gasteiger partial charge < -0.3 is 4.52 Å². The second-order valence-corrected chi connectivity index (χ2v) is 6.12. The van der Waals surface area contributed by atoms with E-state index in [0.717, 1.165) is 61.8 Å². The maximum Gasteiger partial charge on any atom is 0.138 e. The minimum Gasteiger partial charge on any atom is -0.361 e. The van der Waals surface area contributed by atoms with Crippen LogP contribution in [0.1, 0.15) is 28.1 Å². The number of hydrogen-bond donors (Lipinski definition) is 0. The Balaban J connectivity index is 1.56. The lowest BCUT2D eigenvalue weighted by molar-refractivity contribution is 0.121. The molecule has 1 aromatic carbocycles. The molecule has 1 aliphatic rings. The van der Waals surface area contributed by atoms with E-state index in [2.05, 4.69) is 27.1 Å². The van der Waals surface area contributed by atoms with Crippen LogP contribution >= 0.6 is 0 Å². The molecule has 0 spiro atoms. The third-order valence-electron chi connectivity index (χ3n) is 4.56. The van der Waals surface area contributed by atoms with Crippen molar-refractivity contribution in [1.82, 2.24) is 15.0 Å². The van der Waals surface area contributed by atoms with Crippen molar-refractivity contribution in [2.75, 3.05) is 26.2 Å². The number of hydrogen-bond acceptors (Lipinski definition) is 5. The number of piperazine rings is 1. The summed E-state index contributed by atoms with van der Waals surface area (Å²) >= 11 is 0. The van der Waals surface area contributed by atoms with E-state index < -0.39 is 0 Å². The summed E-state index contributed by atoms with van der Waals surface area (Å²) in [6.45, 7) is 9.82. The average Bonchev–Trinajstić information content (AvgIpc) is 2.89. The van der Waals surface area contributed by atoms with Gasteiger partial charge in [-0.05, 0) is 25.5 Å². The number of aromatic nitrogens is 1. The highest BCUT2D eigenvalue weighted by Gasteiger charge is 2.20. The van der Waals surface area contributed by atoms with Crippen LogP contribution in [0.3, 0.4) is 0 Å². The van der Waals surface area contributed by atoms with Crippen molar-refractivity contribution in [3.8, 4) is 6.07 Å². The van der Waals surface area contributed by atoms with Gasteiger partial charge in [-0.2, -0.15) is 5.26 Å². The lowest BCUT2D eigenvalue weighted by Crippen LogP contribution is -2.45. The lowest BCUT2D eigenvalue weighted by atomic mass is 10.1. The van der Waals surface area contributed by atoms with Gasteiger partial charge in [-0.3, -0.25) is 9.80 Å². The second kappa shape index (κ2) is 6.95. The van der Waals surface area contributed by atoms with Gasteiger partial charge in [0.15, 0.2) is 0 Å². The van der Waals surface area contributed by atoms with E-state index in [1.807, 2.05) is 32.0 Å². The van der Waals surface area contributed by atoms with E-state index >= 15 is 0 Å². The van der Waals surface area contributed by atoms with Gasteiger partial charge in [-0.15, -0.1) is 0 Å². The molecule has 0 N–H and O–H groups in total. The first-order valence-corrected chi connectivity index (χ1v) is 8.02. The fourth-order valence-electron chi connectivity index (χ4n) is 3.06. The van der Waals surface area contributed by atoms with Crippen LogP contribution in [0.25, 0.3) is 0 Å². The Hall–Kier alpha value is -2.16. The molecule has 5 nitrogen and oxygen atoms in total. The summed E-state index contributed by atoms with van der Waals surface area (Å²) in [6, 6.07) is 10.1. The minimum absolute atomic E-state index is 0.783. The van der Waals surface area contributed by atoms with Crippen molar-refractivity contribution in [3.05, 3.63) is 52.4 Å². The highest BCUT2D eigenvalue weighted by molar-refractivity contribution is 5.37. The number of nitriles is 1.